The summed E-state index contributed by atoms with van der Waals surface area (Å²) in [6.07, 6.45) is 2.90. The molecule has 0 aromatic heterocycles. The topological polar surface area (TPSA) is 58.2 Å². The van der Waals surface area contributed by atoms with Gasteiger partial charge in [-0.25, -0.2) is 13.2 Å². The van der Waals surface area contributed by atoms with Crippen molar-refractivity contribution in [3.63, 3.8) is 0 Å². The lowest BCUT2D eigenvalue weighted by Gasteiger charge is -2.09. The van der Waals surface area contributed by atoms with Gasteiger partial charge in [-0.15, -0.1) is 0 Å². The molecule has 0 bridgehead atoms. The Hall–Kier alpha value is -2.83. The van der Waals surface area contributed by atoms with E-state index in [0.29, 0.717) is 12.6 Å². The maximum absolute atomic E-state index is 13.7. The Morgan fingerprint density at radius 1 is 0.923 bits per heavy atom. The molecule has 0 atom stereocenters. The van der Waals surface area contributed by atoms with Gasteiger partial charge < -0.3 is 10.6 Å². The first-order valence-corrected chi connectivity index (χ1v) is 8.27. The van der Waals surface area contributed by atoms with Gasteiger partial charge in [-0.2, -0.15) is 0 Å². The van der Waals surface area contributed by atoms with E-state index in [4.69, 9.17) is 0 Å². The Bertz CT molecular complexity index is 809. The van der Waals surface area contributed by atoms with E-state index >= 15 is 0 Å². The quantitative estimate of drug-likeness (QED) is 0.569. The van der Waals surface area contributed by atoms with Crippen LogP contribution in [-0.2, 0) is 0 Å². The normalized spacial score (nSPS) is 10.5. The van der Waals surface area contributed by atoms with E-state index in [1.54, 1.807) is 6.07 Å². The molecule has 0 heterocycles. The molecule has 138 valence electrons. The molecule has 0 aliphatic rings. The molecule has 0 saturated carbocycles. The van der Waals surface area contributed by atoms with Gasteiger partial charge in [-0.3, -0.25) is 9.59 Å². The second-order valence-electron chi connectivity index (χ2n) is 5.72. The molecule has 2 aromatic carbocycles. The summed E-state index contributed by atoms with van der Waals surface area (Å²) >= 11 is 0. The summed E-state index contributed by atoms with van der Waals surface area (Å²) in [5.41, 5.74) is -0.112. The van der Waals surface area contributed by atoms with Crippen LogP contribution in [0.4, 0.5) is 18.9 Å². The van der Waals surface area contributed by atoms with Crippen LogP contribution in [0.2, 0.25) is 0 Å². The molecule has 4 nitrogen and oxygen atoms in total. The lowest BCUT2D eigenvalue weighted by molar-refractivity contribution is 0.0953. The van der Waals surface area contributed by atoms with Crippen molar-refractivity contribution in [3.8, 4) is 0 Å². The predicted molar refractivity (Wildman–Crippen MR) is 92.6 cm³/mol. The van der Waals surface area contributed by atoms with E-state index in [1.807, 2.05) is 0 Å². The number of anilines is 1. The van der Waals surface area contributed by atoms with E-state index in [0.717, 1.165) is 25.3 Å². The van der Waals surface area contributed by atoms with Crippen molar-refractivity contribution in [2.75, 3.05) is 11.9 Å². The smallest absolute Gasteiger partial charge is 0.255 e. The first-order valence-electron chi connectivity index (χ1n) is 8.27. The van der Waals surface area contributed by atoms with Crippen molar-refractivity contribution in [3.05, 3.63) is 65.0 Å². The monoisotopic (exact) mass is 364 g/mol. The van der Waals surface area contributed by atoms with Gasteiger partial charge in [0.1, 0.15) is 0 Å². The maximum Gasteiger partial charge on any atom is 0.255 e. The minimum atomic E-state index is -1.66. The van der Waals surface area contributed by atoms with Crippen LogP contribution in [0.25, 0.3) is 0 Å². The van der Waals surface area contributed by atoms with Gasteiger partial charge in [0.15, 0.2) is 17.5 Å². The number of carbonyl (C=O) groups is 2. The standard InChI is InChI=1S/C19H19F3N2O2/c1-2-3-4-10-23-18(25)12-6-5-7-13(11-12)19(26)24-15-9-8-14(20)16(21)17(15)22/h5-9,11H,2-4,10H2,1H3,(H,23,25)(H,24,26). The molecule has 0 fully saturated rings. The van der Waals surface area contributed by atoms with Gasteiger partial charge in [0.05, 0.1) is 5.69 Å². The Morgan fingerprint density at radius 2 is 1.62 bits per heavy atom. The molecule has 7 heteroatoms. The van der Waals surface area contributed by atoms with Crippen molar-refractivity contribution < 1.29 is 22.8 Å². The van der Waals surface area contributed by atoms with Crippen molar-refractivity contribution in [1.82, 2.24) is 5.32 Å². The van der Waals surface area contributed by atoms with Crippen LogP contribution in [0.1, 0.15) is 46.9 Å². The fraction of sp³-hybridized carbons (Fsp3) is 0.263. The SMILES string of the molecule is CCCCCNC(=O)c1cccc(C(=O)Nc2ccc(F)c(F)c2F)c1. The number of hydrogen-bond donors (Lipinski definition) is 2. The highest BCUT2D eigenvalue weighted by Crippen LogP contribution is 2.20. The van der Waals surface area contributed by atoms with Crippen LogP contribution in [0.15, 0.2) is 36.4 Å². The summed E-state index contributed by atoms with van der Waals surface area (Å²) in [7, 11) is 0. The van der Waals surface area contributed by atoms with Crippen molar-refractivity contribution in [1.29, 1.82) is 0 Å². The number of carbonyl (C=O) groups excluding carboxylic acids is 2. The van der Waals surface area contributed by atoms with Crippen molar-refractivity contribution in [2.45, 2.75) is 26.2 Å². The summed E-state index contributed by atoms with van der Waals surface area (Å²) in [6, 6.07) is 7.48. The van der Waals surface area contributed by atoms with Gasteiger partial charge in [0.25, 0.3) is 11.8 Å². The molecular formula is C19H19F3N2O2. The molecule has 0 radical (unpaired) electrons. The van der Waals surface area contributed by atoms with Crippen molar-refractivity contribution >= 4 is 17.5 Å². The number of halogens is 3. The third kappa shape index (κ3) is 4.84. The zero-order chi connectivity index (χ0) is 19.1. The van der Waals surface area contributed by atoms with Crippen LogP contribution in [0, 0.1) is 17.5 Å². The molecule has 2 rings (SSSR count). The Balaban J connectivity index is 2.08. The first-order chi connectivity index (χ1) is 12.4. The minimum absolute atomic E-state index is 0.0929. The Labute approximate surface area is 149 Å². The van der Waals surface area contributed by atoms with Gasteiger partial charge in [-0.1, -0.05) is 25.8 Å². The molecule has 2 aromatic rings. The average Bonchev–Trinajstić information content (AvgIpc) is 2.65. The number of hydrogen-bond acceptors (Lipinski definition) is 2. The lowest BCUT2D eigenvalue weighted by atomic mass is 10.1. The zero-order valence-corrected chi connectivity index (χ0v) is 14.2. The molecule has 0 aliphatic carbocycles. The molecule has 0 aliphatic heterocycles. The minimum Gasteiger partial charge on any atom is -0.352 e. The van der Waals surface area contributed by atoms with E-state index in [2.05, 4.69) is 17.6 Å². The van der Waals surface area contributed by atoms with Crippen LogP contribution in [0.5, 0.6) is 0 Å². The van der Waals surface area contributed by atoms with E-state index in [1.165, 1.54) is 18.2 Å². The molecule has 0 unspecified atom stereocenters. The van der Waals surface area contributed by atoms with E-state index in [9.17, 15) is 22.8 Å². The number of rotatable bonds is 7. The van der Waals surface area contributed by atoms with Crippen LogP contribution < -0.4 is 10.6 Å². The van der Waals surface area contributed by atoms with Crippen molar-refractivity contribution in [2.24, 2.45) is 0 Å². The van der Waals surface area contributed by atoms with Crippen LogP contribution in [-0.4, -0.2) is 18.4 Å². The number of unbranched alkanes of at least 4 members (excludes halogenated alkanes) is 2. The Kier molecular flexibility index (Phi) is 6.77. The maximum atomic E-state index is 13.7. The van der Waals surface area contributed by atoms with Gasteiger partial charge in [-0.05, 0) is 36.8 Å². The van der Waals surface area contributed by atoms with Gasteiger partial charge >= 0.3 is 0 Å². The third-order valence-electron chi connectivity index (χ3n) is 3.74. The molecule has 26 heavy (non-hydrogen) atoms. The van der Waals surface area contributed by atoms with Gasteiger partial charge in [0.2, 0.25) is 0 Å². The Morgan fingerprint density at radius 3 is 2.31 bits per heavy atom. The fourth-order valence-electron chi connectivity index (χ4n) is 2.30. The van der Waals surface area contributed by atoms with E-state index in [-0.39, 0.29) is 17.0 Å². The zero-order valence-electron chi connectivity index (χ0n) is 14.2. The predicted octanol–water partition coefficient (Wildman–Crippen LogP) is 4.28. The number of benzene rings is 2. The van der Waals surface area contributed by atoms with Crippen LogP contribution >= 0.6 is 0 Å². The molecule has 2 amide bonds. The average molecular weight is 364 g/mol. The molecular weight excluding hydrogens is 345 g/mol. The summed E-state index contributed by atoms with van der Waals surface area (Å²) in [4.78, 5) is 24.3. The largest absolute Gasteiger partial charge is 0.352 e. The van der Waals surface area contributed by atoms with E-state index < -0.39 is 29.0 Å². The number of amides is 2. The molecule has 0 spiro atoms. The highest BCUT2D eigenvalue weighted by molar-refractivity contribution is 6.06. The summed E-state index contributed by atoms with van der Waals surface area (Å²) in [5, 5.41) is 4.92. The second kappa shape index (κ2) is 9.03. The highest BCUT2D eigenvalue weighted by Gasteiger charge is 2.16. The molecule has 0 saturated heterocycles. The van der Waals surface area contributed by atoms with Gasteiger partial charge in [0, 0.05) is 17.7 Å². The second-order valence-corrected chi connectivity index (χ2v) is 5.72. The summed E-state index contributed by atoms with van der Waals surface area (Å²) in [6.45, 7) is 2.59. The first kappa shape index (κ1) is 19.5. The van der Waals surface area contributed by atoms with Crippen LogP contribution in [0.3, 0.4) is 0 Å². The summed E-state index contributed by atoms with van der Waals surface area (Å²) < 4.78 is 39.8. The summed E-state index contributed by atoms with van der Waals surface area (Å²) in [5.74, 6) is -5.56. The molecule has 2 N–H and O–H groups in total. The highest BCUT2D eigenvalue weighted by atomic mass is 19.2. The lowest BCUT2D eigenvalue weighted by Crippen LogP contribution is -2.25. The third-order valence-corrected chi connectivity index (χ3v) is 3.74. The fourth-order valence-corrected chi connectivity index (χ4v) is 2.30. The number of nitrogens with one attached hydrogen (secondary N) is 2.